The summed E-state index contributed by atoms with van der Waals surface area (Å²) in [6, 6.07) is 2.28. The van der Waals surface area contributed by atoms with Crippen LogP contribution in [0.4, 0.5) is 0 Å². The molecule has 2 heterocycles. The molecule has 1 aliphatic rings. The van der Waals surface area contributed by atoms with Gasteiger partial charge in [-0.05, 0) is 32.8 Å². The predicted molar refractivity (Wildman–Crippen MR) is 85.7 cm³/mol. The number of hydrogen-bond acceptors (Lipinski definition) is 4. The van der Waals surface area contributed by atoms with Crippen LogP contribution in [0.15, 0.2) is 18.6 Å². The van der Waals surface area contributed by atoms with Crippen LogP contribution in [0.5, 0.6) is 0 Å². The van der Waals surface area contributed by atoms with Crippen LogP contribution in [0.2, 0.25) is 0 Å². The molecule has 1 unspecified atom stereocenters. The van der Waals surface area contributed by atoms with E-state index in [0.717, 1.165) is 11.5 Å². The fraction of sp³-hybridized carbons (Fsp3) is 0.625. The Morgan fingerprint density at radius 2 is 2.22 bits per heavy atom. The highest BCUT2D eigenvalue weighted by Gasteiger charge is 2.23. The monoisotopic (exact) mass is 316 g/mol. The molecule has 0 aliphatic heterocycles. The van der Waals surface area contributed by atoms with Gasteiger partial charge in [-0.1, -0.05) is 12.8 Å². The molecule has 1 aliphatic carbocycles. The standard InChI is InChI=1S/C16H24N6O/c1-12-7-9-21(20-12)10-8-15(23)18-13(2)16-19-17-11-22(16)14-5-3-4-6-14/h7,9,11,13-14H,3-6,8,10H2,1-2H3,(H,18,23). The zero-order valence-electron chi connectivity index (χ0n) is 13.8. The van der Waals surface area contributed by atoms with Crippen LogP contribution in [-0.2, 0) is 11.3 Å². The molecule has 1 atom stereocenters. The molecule has 0 radical (unpaired) electrons. The average molecular weight is 316 g/mol. The van der Waals surface area contributed by atoms with Gasteiger partial charge in [-0.2, -0.15) is 5.10 Å². The molecule has 0 aromatic carbocycles. The van der Waals surface area contributed by atoms with E-state index >= 15 is 0 Å². The highest BCUT2D eigenvalue weighted by molar-refractivity contribution is 5.76. The topological polar surface area (TPSA) is 77.6 Å². The van der Waals surface area contributed by atoms with Crippen LogP contribution < -0.4 is 5.32 Å². The predicted octanol–water partition coefficient (Wildman–Crippen LogP) is 2.17. The first-order chi connectivity index (χ1) is 11.1. The van der Waals surface area contributed by atoms with Gasteiger partial charge in [-0.25, -0.2) is 0 Å². The van der Waals surface area contributed by atoms with Gasteiger partial charge in [-0.3, -0.25) is 9.48 Å². The summed E-state index contributed by atoms with van der Waals surface area (Å²) >= 11 is 0. The van der Waals surface area contributed by atoms with E-state index in [1.54, 1.807) is 11.0 Å². The van der Waals surface area contributed by atoms with Crippen molar-refractivity contribution in [1.82, 2.24) is 29.9 Å². The van der Waals surface area contributed by atoms with Crippen molar-refractivity contribution in [3.05, 3.63) is 30.1 Å². The van der Waals surface area contributed by atoms with Gasteiger partial charge >= 0.3 is 0 Å². The minimum absolute atomic E-state index is 0.00613. The molecule has 23 heavy (non-hydrogen) atoms. The maximum absolute atomic E-state index is 12.2. The van der Waals surface area contributed by atoms with Gasteiger partial charge in [0.2, 0.25) is 5.91 Å². The second-order valence-corrected chi connectivity index (χ2v) is 6.29. The van der Waals surface area contributed by atoms with E-state index in [1.165, 1.54) is 25.7 Å². The number of aromatic nitrogens is 5. The summed E-state index contributed by atoms with van der Waals surface area (Å²) < 4.78 is 3.93. The number of aryl methyl sites for hydroxylation is 2. The van der Waals surface area contributed by atoms with Crippen molar-refractivity contribution in [2.75, 3.05) is 0 Å². The second-order valence-electron chi connectivity index (χ2n) is 6.29. The van der Waals surface area contributed by atoms with E-state index in [-0.39, 0.29) is 11.9 Å². The van der Waals surface area contributed by atoms with Gasteiger partial charge in [0.1, 0.15) is 6.33 Å². The Morgan fingerprint density at radius 3 is 2.91 bits per heavy atom. The lowest BCUT2D eigenvalue weighted by atomic mass is 10.2. The summed E-state index contributed by atoms with van der Waals surface area (Å²) in [5, 5.41) is 15.6. The number of rotatable bonds is 6. The highest BCUT2D eigenvalue weighted by Crippen LogP contribution is 2.31. The summed E-state index contributed by atoms with van der Waals surface area (Å²) in [7, 11) is 0. The van der Waals surface area contributed by atoms with Gasteiger partial charge in [0.25, 0.3) is 0 Å². The molecule has 1 N–H and O–H groups in total. The molecule has 1 amide bonds. The molecule has 2 aromatic heterocycles. The van der Waals surface area contributed by atoms with Gasteiger partial charge in [-0.15, -0.1) is 10.2 Å². The van der Waals surface area contributed by atoms with Crippen molar-refractivity contribution in [2.24, 2.45) is 0 Å². The molecule has 1 fully saturated rings. The summed E-state index contributed by atoms with van der Waals surface area (Å²) in [4.78, 5) is 12.2. The SMILES string of the molecule is Cc1ccn(CCC(=O)NC(C)c2nncn2C2CCCC2)n1. The first-order valence-electron chi connectivity index (χ1n) is 8.32. The second kappa shape index (κ2) is 6.93. The number of carbonyl (C=O) groups is 1. The fourth-order valence-electron chi connectivity index (χ4n) is 3.21. The Morgan fingerprint density at radius 1 is 1.43 bits per heavy atom. The van der Waals surface area contributed by atoms with E-state index in [2.05, 4.69) is 25.2 Å². The van der Waals surface area contributed by atoms with Crippen LogP contribution in [0.1, 0.15) is 62.6 Å². The van der Waals surface area contributed by atoms with Crippen molar-refractivity contribution in [3.63, 3.8) is 0 Å². The molecular formula is C16H24N6O. The molecule has 1 saturated carbocycles. The number of hydrogen-bond donors (Lipinski definition) is 1. The zero-order valence-corrected chi connectivity index (χ0v) is 13.8. The van der Waals surface area contributed by atoms with Crippen LogP contribution >= 0.6 is 0 Å². The normalized spacial score (nSPS) is 16.6. The van der Waals surface area contributed by atoms with Crippen molar-refractivity contribution in [2.45, 2.75) is 64.6 Å². The zero-order chi connectivity index (χ0) is 16.2. The average Bonchev–Trinajstić information content (AvgIpc) is 3.25. The summed E-state index contributed by atoms with van der Waals surface area (Å²) in [6.07, 6.45) is 8.94. The number of carbonyl (C=O) groups excluding carboxylic acids is 1. The third kappa shape index (κ3) is 3.78. The van der Waals surface area contributed by atoms with Crippen molar-refractivity contribution < 1.29 is 4.79 Å². The molecular weight excluding hydrogens is 292 g/mol. The molecule has 0 spiro atoms. The van der Waals surface area contributed by atoms with Gasteiger partial charge < -0.3 is 9.88 Å². The third-order valence-electron chi connectivity index (χ3n) is 4.43. The quantitative estimate of drug-likeness (QED) is 0.886. The first kappa shape index (κ1) is 15.7. The smallest absolute Gasteiger partial charge is 0.222 e. The Bertz CT molecular complexity index is 655. The fourth-order valence-corrected chi connectivity index (χ4v) is 3.21. The lowest BCUT2D eigenvalue weighted by molar-refractivity contribution is -0.122. The van der Waals surface area contributed by atoms with Crippen LogP contribution in [-0.4, -0.2) is 30.5 Å². The molecule has 7 nitrogen and oxygen atoms in total. The minimum Gasteiger partial charge on any atom is -0.346 e. The van der Waals surface area contributed by atoms with E-state index in [0.29, 0.717) is 19.0 Å². The summed E-state index contributed by atoms with van der Waals surface area (Å²) in [5.41, 5.74) is 0.962. The third-order valence-corrected chi connectivity index (χ3v) is 4.43. The number of nitrogens with zero attached hydrogens (tertiary/aromatic N) is 5. The minimum atomic E-state index is -0.134. The molecule has 0 saturated heterocycles. The number of amides is 1. The van der Waals surface area contributed by atoms with E-state index in [1.807, 2.05) is 26.1 Å². The maximum atomic E-state index is 12.2. The van der Waals surface area contributed by atoms with Crippen LogP contribution in [0, 0.1) is 6.92 Å². The molecule has 124 valence electrons. The molecule has 0 bridgehead atoms. The van der Waals surface area contributed by atoms with Crippen molar-refractivity contribution >= 4 is 5.91 Å². The largest absolute Gasteiger partial charge is 0.346 e. The van der Waals surface area contributed by atoms with Crippen molar-refractivity contribution in [3.8, 4) is 0 Å². The Labute approximate surface area is 136 Å². The van der Waals surface area contributed by atoms with Gasteiger partial charge in [0, 0.05) is 25.2 Å². The Balaban J connectivity index is 1.55. The highest BCUT2D eigenvalue weighted by atomic mass is 16.1. The lowest BCUT2D eigenvalue weighted by Crippen LogP contribution is -2.30. The first-order valence-corrected chi connectivity index (χ1v) is 8.32. The van der Waals surface area contributed by atoms with Gasteiger partial charge in [0.05, 0.1) is 11.7 Å². The van der Waals surface area contributed by atoms with E-state index in [4.69, 9.17) is 0 Å². The summed E-state index contributed by atoms with van der Waals surface area (Å²) in [5.74, 6) is 0.854. The molecule has 2 aromatic rings. The van der Waals surface area contributed by atoms with E-state index in [9.17, 15) is 4.79 Å². The maximum Gasteiger partial charge on any atom is 0.222 e. The summed E-state index contributed by atoms with van der Waals surface area (Å²) in [6.45, 7) is 4.49. The van der Waals surface area contributed by atoms with E-state index < -0.39 is 0 Å². The van der Waals surface area contributed by atoms with Crippen molar-refractivity contribution in [1.29, 1.82) is 0 Å². The Hall–Kier alpha value is -2.18. The molecule has 3 rings (SSSR count). The number of nitrogens with one attached hydrogen (secondary N) is 1. The van der Waals surface area contributed by atoms with Crippen LogP contribution in [0.3, 0.4) is 0 Å². The Kier molecular flexibility index (Phi) is 4.73. The lowest BCUT2D eigenvalue weighted by Gasteiger charge is -2.18. The van der Waals surface area contributed by atoms with Crippen LogP contribution in [0.25, 0.3) is 0 Å². The molecule has 7 heteroatoms. The van der Waals surface area contributed by atoms with Gasteiger partial charge in [0.15, 0.2) is 5.82 Å².